The normalized spacial score (nSPS) is 20.1. The Morgan fingerprint density at radius 1 is 1.15 bits per heavy atom. The predicted octanol–water partition coefficient (Wildman–Crippen LogP) is 2.59. The lowest BCUT2D eigenvalue weighted by atomic mass is 9.90. The monoisotopic (exact) mass is 355 g/mol. The number of aromatic nitrogens is 2. The first-order valence-electron chi connectivity index (χ1n) is 9.29. The van der Waals surface area contributed by atoms with E-state index in [0.717, 1.165) is 55.8 Å². The molecule has 138 valence electrons. The number of rotatable bonds is 2. The van der Waals surface area contributed by atoms with Crippen LogP contribution in [0.25, 0.3) is 5.69 Å². The van der Waals surface area contributed by atoms with Crippen LogP contribution in [0.4, 0.5) is 0 Å². The molecule has 0 unspecified atom stereocenters. The Morgan fingerprint density at radius 2 is 2.00 bits per heavy atom. The van der Waals surface area contributed by atoms with Crippen LogP contribution in [0.1, 0.15) is 35.2 Å². The number of amides is 1. The standard InChI is InChI=1S/C20H25N3O3/c1-16-15-17(3-4-18(16)23-9-2-8-21-23)19(24)22-10-5-20(26-14-11-22)6-12-25-13-7-20/h2-4,8-9,15H,5-7,10-14H2,1H3. The number of nitrogens with zero attached hydrogens (tertiary/aromatic N) is 3. The average molecular weight is 355 g/mol. The first kappa shape index (κ1) is 17.2. The van der Waals surface area contributed by atoms with E-state index in [1.165, 1.54) is 0 Å². The Labute approximate surface area is 153 Å². The average Bonchev–Trinajstić information content (AvgIpc) is 3.11. The highest BCUT2D eigenvalue weighted by Gasteiger charge is 2.36. The van der Waals surface area contributed by atoms with Gasteiger partial charge in [0.25, 0.3) is 5.91 Å². The molecule has 3 heterocycles. The molecular formula is C20H25N3O3. The van der Waals surface area contributed by atoms with Crippen LogP contribution in [-0.2, 0) is 9.47 Å². The zero-order chi connectivity index (χ0) is 18.0. The number of aryl methyl sites for hydroxylation is 1. The molecule has 6 nitrogen and oxygen atoms in total. The van der Waals surface area contributed by atoms with Gasteiger partial charge in [0, 0.05) is 44.3 Å². The van der Waals surface area contributed by atoms with E-state index in [1.54, 1.807) is 6.20 Å². The van der Waals surface area contributed by atoms with Gasteiger partial charge in [-0.15, -0.1) is 0 Å². The summed E-state index contributed by atoms with van der Waals surface area (Å²) in [6.45, 7) is 5.48. The van der Waals surface area contributed by atoms with E-state index >= 15 is 0 Å². The van der Waals surface area contributed by atoms with Crippen LogP contribution in [0.15, 0.2) is 36.7 Å². The molecule has 0 saturated carbocycles. The molecule has 1 aromatic heterocycles. The number of hydrogen-bond donors (Lipinski definition) is 0. The second-order valence-corrected chi connectivity index (χ2v) is 7.14. The molecule has 1 aromatic carbocycles. The fourth-order valence-corrected chi connectivity index (χ4v) is 3.88. The lowest BCUT2D eigenvalue weighted by Crippen LogP contribution is -2.40. The summed E-state index contributed by atoms with van der Waals surface area (Å²) in [5.74, 6) is 0.0767. The molecule has 0 atom stereocenters. The highest BCUT2D eigenvalue weighted by molar-refractivity contribution is 5.94. The van der Waals surface area contributed by atoms with Crippen molar-refractivity contribution in [3.05, 3.63) is 47.8 Å². The van der Waals surface area contributed by atoms with Crippen LogP contribution in [-0.4, -0.2) is 59.1 Å². The van der Waals surface area contributed by atoms with Gasteiger partial charge in [-0.3, -0.25) is 4.79 Å². The predicted molar refractivity (Wildman–Crippen MR) is 97.6 cm³/mol. The van der Waals surface area contributed by atoms with E-state index < -0.39 is 0 Å². The molecular weight excluding hydrogens is 330 g/mol. The maximum absolute atomic E-state index is 13.0. The van der Waals surface area contributed by atoms with Crippen LogP contribution in [0, 0.1) is 6.92 Å². The molecule has 6 heteroatoms. The Hall–Kier alpha value is -2.18. The van der Waals surface area contributed by atoms with Gasteiger partial charge in [-0.25, -0.2) is 4.68 Å². The summed E-state index contributed by atoms with van der Waals surface area (Å²) in [6, 6.07) is 7.70. The zero-order valence-corrected chi connectivity index (χ0v) is 15.2. The molecule has 0 bridgehead atoms. The fourth-order valence-electron chi connectivity index (χ4n) is 3.88. The summed E-state index contributed by atoms with van der Waals surface area (Å²) in [4.78, 5) is 14.9. The van der Waals surface area contributed by atoms with E-state index in [2.05, 4.69) is 5.10 Å². The molecule has 2 aliphatic rings. The summed E-state index contributed by atoms with van der Waals surface area (Å²) in [5.41, 5.74) is 2.65. The summed E-state index contributed by atoms with van der Waals surface area (Å²) < 4.78 is 13.4. The Kier molecular flexibility index (Phi) is 4.78. The summed E-state index contributed by atoms with van der Waals surface area (Å²) >= 11 is 0. The third-order valence-electron chi connectivity index (χ3n) is 5.49. The molecule has 2 fully saturated rings. The molecule has 26 heavy (non-hydrogen) atoms. The second-order valence-electron chi connectivity index (χ2n) is 7.14. The van der Waals surface area contributed by atoms with Gasteiger partial charge in [0.2, 0.25) is 0 Å². The summed E-state index contributed by atoms with van der Waals surface area (Å²) in [7, 11) is 0. The molecule has 2 aromatic rings. The zero-order valence-electron chi connectivity index (χ0n) is 15.2. The maximum atomic E-state index is 13.0. The molecule has 4 rings (SSSR count). The Morgan fingerprint density at radius 3 is 2.73 bits per heavy atom. The molecule has 2 aliphatic heterocycles. The Balaban J connectivity index is 1.48. The highest BCUT2D eigenvalue weighted by atomic mass is 16.5. The lowest BCUT2D eigenvalue weighted by Gasteiger charge is -2.35. The highest BCUT2D eigenvalue weighted by Crippen LogP contribution is 2.31. The molecule has 2 saturated heterocycles. The van der Waals surface area contributed by atoms with E-state index in [0.29, 0.717) is 13.2 Å². The van der Waals surface area contributed by atoms with E-state index in [4.69, 9.17) is 9.47 Å². The van der Waals surface area contributed by atoms with Crippen molar-refractivity contribution in [1.29, 1.82) is 0 Å². The fraction of sp³-hybridized carbons (Fsp3) is 0.500. The Bertz CT molecular complexity index is 767. The summed E-state index contributed by atoms with van der Waals surface area (Å²) in [5, 5.41) is 4.27. The third-order valence-corrected chi connectivity index (χ3v) is 5.49. The van der Waals surface area contributed by atoms with Gasteiger partial charge >= 0.3 is 0 Å². The van der Waals surface area contributed by atoms with Crippen LogP contribution in [0.3, 0.4) is 0 Å². The van der Waals surface area contributed by atoms with Gasteiger partial charge < -0.3 is 14.4 Å². The first-order chi connectivity index (χ1) is 12.7. The van der Waals surface area contributed by atoms with Crippen LogP contribution in [0.5, 0.6) is 0 Å². The van der Waals surface area contributed by atoms with Gasteiger partial charge in [0.1, 0.15) is 0 Å². The van der Waals surface area contributed by atoms with E-state index in [-0.39, 0.29) is 11.5 Å². The van der Waals surface area contributed by atoms with Crippen LogP contribution in [0.2, 0.25) is 0 Å². The molecule has 1 spiro atoms. The van der Waals surface area contributed by atoms with E-state index in [9.17, 15) is 4.79 Å². The molecule has 0 aliphatic carbocycles. The minimum Gasteiger partial charge on any atom is -0.381 e. The van der Waals surface area contributed by atoms with Crippen molar-refractivity contribution in [3.63, 3.8) is 0 Å². The largest absolute Gasteiger partial charge is 0.381 e. The summed E-state index contributed by atoms with van der Waals surface area (Å²) in [6.07, 6.45) is 6.39. The smallest absolute Gasteiger partial charge is 0.253 e. The maximum Gasteiger partial charge on any atom is 0.253 e. The van der Waals surface area contributed by atoms with Crippen molar-refractivity contribution in [2.45, 2.75) is 31.8 Å². The molecule has 1 amide bonds. The number of carbonyl (C=O) groups excluding carboxylic acids is 1. The number of ether oxygens (including phenoxy) is 2. The van der Waals surface area contributed by atoms with Crippen molar-refractivity contribution in [2.24, 2.45) is 0 Å². The van der Waals surface area contributed by atoms with E-state index in [1.807, 2.05) is 47.0 Å². The number of carbonyl (C=O) groups is 1. The van der Waals surface area contributed by atoms with Crippen molar-refractivity contribution in [3.8, 4) is 5.69 Å². The van der Waals surface area contributed by atoms with Gasteiger partial charge in [0.15, 0.2) is 0 Å². The molecule has 0 radical (unpaired) electrons. The first-order valence-corrected chi connectivity index (χ1v) is 9.29. The van der Waals surface area contributed by atoms with Gasteiger partial charge in [0.05, 0.1) is 17.9 Å². The topological polar surface area (TPSA) is 56.6 Å². The second kappa shape index (κ2) is 7.21. The molecule has 0 N–H and O–H groups in total. The van der Waals surface area contributed by atoms with Crippen molar-refractivity contribution in [1.82, 2.24) is 14.7 Å². The van der Waals surface area contributed by atoms with Crippen LogP contribution >= 0.6 is 0 Å². The van der Waals surface area contributed by atoms with Crippen molar-refractivity contribution in [2.75, 3.05) is 32.9 Å². The number of benzene rings is 1. The lowest BCUT2D eigenvalue weighted by molar-refractivity contribution is -0.105. The quantitative estimate of drug-likeness (QED) is 0.831. The third kappa shape index (κ3) is 3.39. The minimum atomic E-state index is -0.104. The SMILES string of the molecule is Cc1cc(C(=O)N2CCOC3(CCOCC3)CC2)ccc1-n1cccn1. The van der Waals surface area contributed by atoms with Crippen molar-refractivity contribution >= 4 is 5.91 Å². The van der Waals surface area contributed by atoms with Crippen LogP contribution < -0.4 is 0 Å². The van der Waals surface area contributed by atoms with Crippen molar-refractivity contribution < 1.29 is 14.3 Å². The number of hydrogen-bond acceptors (Lipinski definition) is 4. The minimum absolute atomic E-state index is 0.0767. The van der Waals surface area contributed by atoms with Gasteiger partial charge in [-0.1, -0.05) is 0 Å². The van der Waals surface area contributed by atoms with Gasteiger partial charge in [-0.05, 0) is 56.0 Å². The van der Waals surface area contributed by atoms with Gasteiger partial charge in [-0.2, -0.15) is 5.10 Å².